The lowest BCUT2D eigenvalue weighted by Crippen LogP contribution is -2.29. The van der Waals surface area contributed by atoms with Gasteiger partial charge in [0.05, 0.1) is 6.04 Å². The average molecular weight is 309 g/mol. The highest BCUT2D eigenvalue weighted by Gasteiger charge is 2.21. The Morgan fingerprint density at radius 2 is 1.91 bits per heavy atom. The normalized spacial score (nSPS) is 16.7. The van der Waals surface area contributed by atoms with Crippen LogP contribution in [0.4, 0.5) is 4.79 Å². The molecular formula is C20H23NO2. The van der Waals surface area contributed by atoms with E-state index in [-0.39, 0.29) is 6.04 Å². The van der Waals surface area contributed by atoms with E-state index >= 15 is 0 Å². The quantitative estimate of drug-likeness (QED) is 0.839. The molecule has 2 aromatic rings. The molecular weight excluding hydrogens is 286 g/mol. The Labute approximate surface area is 137 Å². The van der Waals surface area contributed by atoms with Crippen molar-refractivity contribution in [1.82, 2.24) is 5.32 Å². The molecule has 3 nitrogen and oxygen atoms in total. The number of carbonyl (C=O) groups is 1. The summed E-state index contributed by atoms with van der Waals surface area (Å²) >= 11 is 0. The molecule has 3 heteroatoms. The molecule has 120 valence electrons. The lowest BCUT2D eigenvalue weighted by molar-refractivity contribution is 0.188. The van der Waals surface area contributed by atoms with Crippen LogP contribution in [0.25, 0.3) is 11.1 Å². The summed E-state index contributed by atoms with van der Waals surface area (Å²) in [5.41, 5.74) is 6.21. The minimum Gasteiger partial charge on any atom is -0.465 e. The van der Waals surface area contributed by atoms with Gasteiger partial charge in [-0.15, -0.1) is 0 Å². The van der Waals surface area contributed by atoms with E-state index in [9.17, 15) is 4.79 Å². The van der Waals surface area contributed by atoms with Crippen molar-refractivity contribution < 1.29 is 9.90 Å². The van der Waals surface area contributed by atoms with Gasteiger partial charge >= 0.3 is 6.09 Å². The molecule has 0 aliphatic heterocycles. The minimum atomic E-state index is -0.946. The highest BCUT2D eigenvalue weighted by Crippen LogP contribution is 2.33. The molecule has 2 aromatic carbocycles. The van der Waals surface area contributed by atoms with Crippen LogP contribution in [0.1, 0.15) is 48.9 Å². The lowest BCUT2D eigenvalue weighted by Gasteiger charge is -2.26. The second-order valence-corrected chi connectivity index (χ2v) is 6.25. The summed E-state index contributed by atoms with van der Waals surface area (Å²) in [5, 5.41) is 11.6. The Balaban J connectivity index is 1.86. The third-order valence-corrected chi connectivity index (χ3v) is 4.58. The van der Waals surface area contributed by atoms with Gasteiger partial charge in [-0.1, -0.05) is 55.8 Å². The van der Waals surface area contributed by atoms with E-state index in [4.69, 9.17) is 5.11 Å². The van der Waals surface area contributed by atoms with Gasteiger partial charge in [-0.05, 0) is 53.5 Å². The van der Waals surface area contributed by atoms with Gasteiger partial charge in [0.2, 0.25) is 0 Å². The summed E-state index contributed by atoms with van der Waals surface area (Å²) in [4.78, 5) is 10.9. The number of carboxylic acid groups (broad SMARTS) is 1. The van der Waals surface area contributed by atoms with Gasteiger partial charge in [-0.3, -0.25) is 0 Å². The number of amides is 1. The highest BCUT2D eigenvalue weighted by molar-refractivity contribution is 5.67. The third kappa shape index (κ3) is 3.55. The van der Waals surface area contributed by atoms with E-state index in [1.165, 1.54) is 22.3 Å². The molecule has 0 heterocycles. The Hall–Kier alpha value is -2.29. The topological polar surface area (TPSA) is 49.3 Å². The first kappa shape index (κ1) is 15.6. The maximum atomic E-state index is 10.9. The number of benzene rings is 2. The molecule has 1 aliphatic carbocycles. The molecule has 0 saturated carbocycles. The van der Waals surface area contributed by atoms with Gasteiger partial charge in [0.1, 0.15) is 0 Å². The van der Waals surface area contributed by atoms with Gasteiger partial charge in [0.15, 0.2) is 0 Å². The van der Waals surface area contributed by atoms with Crippen molar-refractivity contribution in [2.45, 2.75) is 45.1 Å². The first-order chi connectivity index (χ1) is 11.2. The Morgan fingerprint density at radius 1 is 1.17 bits per heavy atom. The van der Waals surface area contributed by atoms with Crippen LogP contribution in [0.5, 0.6) is 0 Å². The summed E-state index contributed by atoms with van der Waals surface area (Å²) in [6.07, 6.45) is 4.26. The first-order valence-electron chi connectivity index (χ1n) is 8.39. The molecule has 0 spiro atoms. The molecule has 1 amide bonds. The van der Waals surface area contributed by atoms with Crippen molar-refractivity contribution in [3.05, 3.63) is 59.2 Å². The summed E-state index contributed by atoms with van der Waals surface area (Å²) in [7, 11) is 0. The van der Waals surface area contributed by atoms with Crippen LogP contribution in [-0.4, -0.2) is 11.2 Å². The SMILES string of the molecule is CCCc1ccc(-c2ccc3c(c2)CCCC3NC(=O)O)cc1. The molecule has 23 heavy (non-hydrogen) atoms. The summed E-state index contributed by atoms with van der Waals surface area (Å²) in [5.74, 6) is 0. The van der Waals surface area contributed by atoms with Crippen LogP contribution in [0.15, 0.2) is 42.5 Å². The van der Waals surface area contributed by atoms with E-state index < -0.39 is 6.09 Å². The van der Waals surface area contributed by atoms with Gasteiger partial charge in [-0.25, -0.2) is 4.79 Å². The fourth-order valence-corrected chi connectivity index (χ4v) is 3.45. The minimum absolute atomic E-state index is 0.0720. The summed E-state index contributed by atoms with van der Waals surface area (Å²) in [6, 6.07) is 15.1. The molecule has 0 fully saturated rings. The maximum Gasteiger partial charge on any atom is 0.405 e. The number of nitrogens with one attached hydrogen (secondary N) is 1. The fourth-order valence-electron chi connectivity index (χ4n) is 3.45. The van der Waals surface area contributed by atoms with Gasteiger partial charge in [-0.2, -0.15) is 0 Å². The zero-order chi connectivity index (χ0) is 16.2. The van der Waals surface area contributed by atoms with Crippen LogP contribution in [-0.2, 0) is 12.8 Å². The monoisotopic (exact) mass is 309 g/mol. The van der Waals surface area contributed by atoms with Gasteiger partial charge in [0, 0.05) is 0 Å². The smallest absolute Gasteiger partial charge is 0.405 e. The van der Waals surface area contributed by atoms with Crippen molar-refractivity contribution in [3.8, 4) is 11.1 Å². The molecule has 3 rings (SSSR count). The predicted octanol–water partition coefficient (Wildman–Crippen LogP) is 4.95. The molecule has 0 radical (unpaired) electrons. The number of hydrogen-bond donors (Lipinski definition) is 2. The van der Waals surface area contributed by atoms with Crippen molar-refractivity contribution in [1.29, 1.82) is 0 Å². The molecule has 1 aliphatic rings. The van der Waals surface area contributed by atoms with Crippen LogP contribution >= 0.6 is 0 Å². The van der Waals surface area contributed by atoms with E-state index in [0.717, 1.165) is 37.7 Å². The predicted molar refractivity (Wildman–Crippen MR) is 92.7 cm³/mol. The number of rotatable bonds is 4. The summed E-state index contributed by atoms with van der Waals surface area (Å²) < 4.78 is 0. The van der Waals surface area contributed by atoms with Crippen molar-refractivity contribution >= 4 is 6.09 Å². The first-order valence-corrected chi connectivity index (χ1v) is 8.39. The van der Waals surface area contributed by atoms with Crippen molar-refractivity contribution in [3.63, 3.8) is 0 Å². The lowest BCUT2D eigenvalue weighted by atomic mass is 9.85. The van der Waals surface area contributed by atoms with Crippen molar-refractivity contribution in [2.75, 3.05) is 0 Å². The molecule has 0 bridgehead atoms. The Kier molecular flexibility index (Phi) is 4.65. The zero-order valence-corrected chi connectivity index (χ0v) is 13.5. The van der Waals surface area contributed by atoms with Crippen molar-refractivity contribution in [2.24, 2.45) is 0 Å². The van der Waals surface area contributed by atoms with Gasteiger partial charge in [0.25, 0.3) is 0 Å². The Morgan fingerprint density at radius 3 is 2.61 bits per heavy atom. The molecule has 2 N–H and O–H groups in total. The van der Waals surface area contributed by atoms with E-state index in [0.29, 0.717) is 0 Å². The van der Waals surface area contributed by atoms with Gasteiger partial charge < -0.3 is 10.4 Å². The second kappa shape index (κ2) is 6.86. The van der Waals surface area contributed by atoms with Crippen LogP contribution < -0.4 is 5.32 Å². The largest absolute Gasteiger partial charge is 0.465 e. The number of fused-ring (bicyclic) bond motifs is 1. The fraction of sp³-hybridized carbons (Fsp3) is 0.350. The molecule has 0 aromatic heterocycles. The Bertz CT molecular complexity index is 691. The highest BCUT2D eigenvalue weighted by atomic mass is 16.4. The average Bonchev–Trinajstić information content (AvgIpc) is 2.55. The summed E-state index contributed by atoms with van der Waals surface area (Å²) in [6.45, 7) is 2.19. The molecule has 0 saturated heterocycles. The third-order valence-electron chi connectivity index (χ3n) is 4.58. The second-order valence-electron chi connectivity index (χ2n) is 6.25. The molecule has 1 atom stereocenters. The standard InChI is InChI=1S/C20H23NO2/c1-2-4-14-7-9-15(10-8-14)16-11-12-18-17(13-16)5-3-6-19(18)21-20(22)23/h7-13,19,21H,2-6H2,1H3,(H,22,23). The number of hydrogen-bond acceptors (Lipinski definition) is 1. The van der Waals surface area contributed by atoms with E-state index in [1.54, 1.807) is 0 Å². The van der Waals surface area contributed by atoms with E-state index in [2.05, 4.69) is 54.7 Å². The van der Waals surface area contributed by atoms with Crippen LogP contribution in [0.2, 0.25) is 0 Å². The maximum absolute atomic E-state index is 10.9. The van der Waals surface area contributed by atoms with E-state index in [1.807, 2.05) is 0 Å². The van der Waals surface area contributed by atoms with Crippen LogP contribution in [0.3, 0.4) is 0 Å². The number of aryl methyl sites for hydroxylation is 2. The molecule has 1 unspecified atom stereocenters. The van der Waals surface area contributed by atoms with Crippen LogP contribution in [0, 0.1) is 0 Å². The zero-order valence-electron chi connectivity index (χ0n) is 13.5.